The normalized spacial score (nSPS) is 19.1. The van der Waals surface area contributed by atoms with E-state index < -0.39 is 5.97 Å². The first-order valence-corrected chi connectivity index (χ1v) is 14.3. The number of anilines is 1. The lowest BCUT2D eigenvalue weighted by molar-refractivity contribution is 0.0611. The molecule has 1 aliphatic carbocycles. The average molecular weight is 551 g/mol. The van der Waals surface area contributed by atoms with Crippen LogP contribution in [0.25, 0.3) is 16.7 Å². The third-order valence-corrected chi connectivity index (χ3v) is 8.59. The Balaban J connectivity index is 1.28. The van der Waals surface area contributed by atoms with Gasteiger partial charge in [-0.1, -0.05) is 6.42 Å². The van der Waals surface area contributed by atoms with Crippen molar-refractivity contribution in [1.82, 2.24) is 24.6 Å². The minimum atomic E-state index is -1.09. The van der Waals surface area contributed by atoms with E-state index in [1.807, 2.05) is 6.92 Å². The number of piperidine rings is 1. The Hall–Kier alpha value is -3.73. The van der Waals surface area contributed by atoms with Crippen LogP contribution in [0.1, 0.15) is 61.1 Å². The third-order valence-electron chi connectivity index (χ3n) is 8.59. The Bertz CT molecular complexity index is 1390. The number of hydrogen-bond donors (Lipinski definition) is 1. The van der Waals surface area contributed by atoms with Crippen molar-refractivity contribution >= 4 is 28.8 Å². The van der Waals surface area contributed by atoms with Gasteiger partial charge in [0.05, 0.1) is 29.1 Å². The molecule has 0 spiro atoms. The number of ether oxygens (including phenoxy) is 1. The number of nitrogens with zero attached hydrogens (tertiary/aromatic N) is 6. The minimum Gasteiger partial charge on any atom is -0.477 e. The zero-order valence-corrected chi connectivity index (χ0v) is 22.8. The van der Waals surface area contributed by atoms with Gasteiger partial charge >= 0.3 is 12.1 Å². The topological polar surface area (TPSA) is 104 Å². The van der Waals surface area contributed by atoms with Gasteiger partial charge in [0.1, 0.15) is 5.82 Å². The number of amides is 1. The number of benzene rings is 1. The predicted molar refractivity (Wildman–Crippen MR) is 148 cm³/mol. The van der Waals surface area contributed by atoms with E-state index in [1.165, 1.54) is 12.1 Å². The molecule has 1 aromatic carbocycles. The van der Waals surface area contributed by atoms with Gasteiger partial charge in [0.25, 0.3) is 0 Å². The molecular formula is C29H35FN6O4. The maximum absolute atomic E-state index is 13.7. The molecule has 2 saturated heterocycles. The van der Waals surface area contributed by atoms with E-state index in [0.29, 0.717) is 43.0 Å². The van der Waals surface area contributed by atoms with Gasteiger partial charge in [0.2, 0.25) is 0 Å². The van der Waals surface area contributed by atoms with Crippen LogP contribution in [-0.4, -0.2) is 93.7 Å². The molecule has 2 aliphatic heterocycles. The number of halogens is 1. The summed E-state index contributed by atoms with van der Waals surface area (Å²) in [6.07, 6.45) is 4.86. The molecule has 40 heavy (non-hydrogen) atoms. The van der Waals surface area contributed by atoms with Gasteiger partial charge in [-0.2, -0.15) is 5.10 Å². The van der Waals surface area contributed by atoms with E-state index in [1.54, 1.807) is 27.8 Å². The van der Waals surface area contributed by atoms with E-state index in [2.05, 4.69) is 14.8 Å². The molecule has 10 nitrogen and oxygen atoms in total. The summed E-state index contributed by atoms with van der Waals surface area (Å²) in [5.41, 5.74) is 2.94. The summed E-state index contributed by atoms with van der Waals surface area (Å²) >= 11 is 0. The zero-order valence-electron chi connectivity index (χ0n) is 22.8. The molecule has 1 saturated carbocycles. The van der Waals surface area contributed by atoms with Crippen molar-refractivity contribution < 1.29 is 23.8 Å². The number of aromatic carboxylic acids is 1. The van der Waals surface area contributed by atoms with Crippen molar-refractivity contribution in [2.24, 2.45) is 0 Å². The summed E-state index contributed by atoms with van der Waals surface area (Å²) in [5, 5.41) is 15.8. The third kappa shape index (κ3) is 4.98. The molecule has 1 N–H and O–H groups in total. The highest BCUT2D eigenvalue weighted by atomic mass is 19.1. The van der Waals surface area contributed by atoms with Gasteiger partial charge < -0.3 is 19.6 Å². The van der Waals surface area contributed by atoms with Crippen LogP contribution in [0.3, 0.4) is 0 Å². The van der Waals surface area contributed by atoms with E-state index in [4.69, 9.17) is 9.84 Å². The van der Waals surface area contributed by atoms with Crippen molar-refractivity contribution in [2.75, 3.05) is 50.8 Å². The van der Waals surface area contributed by atoms with Crippen LogP contribution in [-0.2, 0) is 4.74 Å². The van der Waals surface area contributed by atoms with Crippen molar-refractivity contribution in [2.45, 2.75) is 51.0 Å². The first-order chi connectivity index (χ1) is 19.4. The lowest BCUT2D eigenvalue weighted by Crippen LogP contribution is -2.54. The van der Waals surface area contributed by atoms with Crippen molar-refractivity contribution in [1.29, 1.82) is 0 Å². The SMILES string of the molecule is CCOC(=O)N1CCN(C2CCN(c3cc(C(=O)O)nc4c3c(C3CCC3)nn4-c3ccc(F)cc3)CC2)CC1. The first-order valence-electron chi connectivity index (χ1n) is 14.3. The molecule has 11 heteroatoms. The highest BCUT2D eigenvalue weighted by Gasteiger charge is 2.33. The second-order valence-electron chi connectivity index (χ2n) is 10.9. The molecule has 2 aromatic heterocycles. The summed E-state index contributed by atoms with van der Waals surface area (Å²) < 4.78 is 20.5. The largest absolute Gasteiger partial charge is 0.477 e. The van der Waals surface area contributed by atoms with E-state index >= 15 is 0 Å². The predicted octanol–water partition coefficient (Wildman–Crippen LogP) is 4.27. The summed E-state index contributed by atoms with van der Waals surface area (Å²) in [4.78, 5) is 35.3. The molecule has 0 radical (unpaired) electrons. The monoisotopic (exact) mass is 550 g/mol. The van der Waals surface area contributed by atoms with Crippen molar-refractivity contribution in [3.05, 3.63) is 47.5 Å². The number of carboxylic acid groups (broad SMARTS) is 1. The molecule has 0 unspecified atom stereocenters. The fourth-order valence-electron chi connectivity index (χ4n) is 6.17. The molecule has 3 fully saturated rings. The Labute approximate surface area is 232 Å². The van der Waals surface area contributed by atoms with E-state index in [9.17, 15) is 19.1 Å². The van der Waals surface area contributed by atoms with Crippen molar-refractivity contribution in [3.8, 4) is 5.69 Å². The van der Waals surface area contributed by atoms with Crippen LogP contribution in [0, 0.1) is 5.82 Å². The van der Waals surface area contributed by atoms with Gasteiger partial charge in [0, 0.05) is 51.2 Å². The number of carboxylic acids is 1. The molecule has 0 atom stereocenters. The number of hydrogen-bond acceptors (Lipinski definition) is 7. The number of pyridine rings is 1. The van der Waals surface area contributed by atoms with Gasteiger partial charge in [-0.3, -0.25) is 4.90 Å². The Morgan fingerprint density at radius 3 is 2.33 bits per heavy atom. The van der Waals surface area contributed by atoms with Gasteiger partial charge in [-0.15, -0.1) is 0 Å². The lowest BCUT2D eigenvalue weighted by atomic mass is 9.82. The van der Waals surface area contributed by atoms with Gasteiger partial charge in [-0.25, -0.2) is 23.6 Å². The van der Waals surface area contributed by atoms with Crippen molar-refractivity contribution in [3.63, 3.8) is 0 Å². The first kappa shape index (κ1) is 26.5. The number of aromatic nitrogens is 3. The quantitative estimate of drug-likeness (QED) is 0.486. The highest BCUT2D eigenvalue weighted by Crippen LogP contribution is 2.43. The summed E-state index contributed by atoms with van der Waals surface area (Å²) in [7, 11) is 0. The Kier molecular flexibility index (Phi) is 7.31. The van der Waals surface area contributed by atoms with Crippen LogP contribution in [0.5, 0.6) is 0 Å². The van der Waals surface area contributed by atoms with Crippen LogP contribution < -0.4 is 4.90 Å². The molecule has 3 aliphatic rings. The summed E-state index contributed by atoms with van der Waals surface area (Å²) in [6.45, 7) is 6.75. The number of fused-ring (bicyclic) bond motifs is 1. The standard InChI is InChI=1S/C29H35FN6O4/c1-2-40-29(39)35-16-14-33(15-17-35)21-10-12-34(13-11-21)24-18-23(28(37)38)31-27-25(24)26(19-4-3-5-19)32-36(27)22-8-6-20(30)7-9-22/h6-9,18-19,21H,2-5,10-17H2,1H3,(H,37,38). The van der Waals surface area contributed by atoms with Crippen LogP contribution >= 0.6 is 0 Å². The minimum absolute atomic E-state index is 0.0249. The fourth-order valence-corrected chi connectivity index (χ4v) is 6.17. The lowest BCUT2D eigenvalue weighted by Gasteiger charge is -2.43. The maximum atomic E-state index is 13.7. The van der Waals surface area contributed by atoms with Crippen LogP contribution in [0.15, 0.2) is 30.3 Å². The summed E-state index contributed by atoms with van der Waals surface area (Å²) in [6, 6.07) is 8.16. The highest BCUT2D eigenvalue weighted by molar-refractivity contribution is 5.98. The number of piperazine rings is 1. The number of rotatable bonds is 6. The average Bonchev–Trinajstić information content (AvgIpc) is 3.31. The number of carbonyl (C=O) groups is 2. The molecular weight excluding hydrogens is 515 g/mol. The Morgan fingerprint density at radius 2 is 1.73 bits per heavy atom. The Morgan fingerprint density at radius 1 is 1.02 bits per heavy atom. The second kappa shape index (κ2) is 11.0. The molecule has 1 amide bonds. The van der Waals surface area contributed by atoms with Crippen LogP contribution in [0.4, 0.5) is 14.9 Å². The second-order valence-corrected chi connectivity index (χ2v) is 10.9. The molecule has 0 bridgehead atoms. The zero-order chi connectivity index (χ0) is 27.8. The van der Waals surface area contributed by atoms with Gasteiger partial charge in [0.15, 0.2) is 11.3 Å². The van der Waals surface area contributed by atoms with E-state index in [-0.39, 0.29) is 17.6 Å². The maximum Gasteiger partial charge on any atom is 0.409 e. The van der Waals surface area contributed by atoms with Gasteiger partial charge in [-0.05, 0) is 62.9 Å². The molecule has 212 valence electrons. The molecule has 4 heterocycles. The smallest absolute Gasteiger partial charge is 0.409 e. The molecule has 6 rings (SSSR count). The molecule has 3 aromatic rings. The fraction of sp³-hybridized carbons (Fsp3) is 0.517. The summed E-state index contributed by atoms with van der Waals surface area (Å²) in [5.74, 6) is -1.13. The van der Waals surface area contributed by atoms with E-state index in [0.717, 1.165) is 75.1 Å². The number of carbonyl (C=O) groups excluding carboxylic acids is 1. The van der Waals surface area contributed by atoms with Crippen LogP contribution in [0.2, 0.25) is 0 Å².